The van der Waals surface area contributed by atoms with E-state index in [1.54, 1.807) is 0 Å². The van der Waals surface area contributed by atoms with Crippen LogP contribution in [0.15, 0.2) is 73.0 Å². The van der Waals surface area contributed by atoms with Crippen LogP contribution in [0, 0.1) is 0 Å². The van der Waals surface area contributed by atoms with Crippen LogP contribution in [0.2, 0.25) is 18.1 Å². The van der Waals surface area contributed by atoms with Crippen molar-refractivity contribution in [1.29, 1.82) is 0 Å². The maximum absolute atomic E-state index is 6.53. The fourth-order valence-electron chi connectivity index (χ4n) is 3.31. The summed E-state index contributed by atoms with van der Waals surface area (Å²) in [5.74, 6) is 1.01. The van der Waals surface area contributed by atoms with E-state index >= 15 is 0 Å². The number of hydrogen-bond acceptors (Lipinski definition) is 2. The summed E-state index contributed by atoms with van der Waals surface area (Å²) in [5, 5.41) is 0.164. The molecular formula is C25H32O2Si. The number of allylic oxidation sites excluding steroid dienone is 2. The molecule has 2 aromatic carbocycles. The van der Waals surface area contributed by atoms with Crippen LogP contribution in [0.25, 0.3) is 5.57 Å². The van der Waals surface area contributed by atoms with Crippen molar-refractivity contribution in [2.24, 2.45) is 0 Å². The highest BCUT2D eigenvalue weighted by molar-refractivity contribution is 6.74. The summed E-state index contributed by atoms with van der Waals surface area (Å²) in [6.07, 6.45) is 2.02. The Kier molecular flexibility index (Phi) is 5.97. The van der Waals surface area contributed by atoms with Gasteiger partial charge in [0.25, 0.3) is 0 Å². The Hall–Kier alpha value is -2.10. The van der Waals surface area contributed by atoms with Gasteiger partial charge in [-0.25, -0.2) is 0 Å². The van der Waals surface area contributed by atoms with Crippen molar-refractivity contribution in [3.63, 3.8) is 0 Å². The highest BCUT2D eigenvalue weighted by Crippen LogP contribution is 2.42. The van der Waals surface area contributed by atoms with Crippen molar-refractivity contribution in [1.82, 2.24) is 0 Å². The summed E-state index contributed by atoms with van der Waals surface area (Å²) < 4.78 is 12.8. The standard InChI is InChI=1S/C25H32O2Si/c1-7-21(19-13-9-8-10-14-19)24-22-16-12-11-15-20(22)17-26-23(24)18-27-28(5,6)25(2,3)4/h7-16,21H,1,17-18H2,2-6H3. The second-order valence-electron chi connectivity index (χ2n) is 8.96. The second kappa shape index (κ2) is 8.10. The van der Waals surface area contributed by atoms with E-state index in [1.165, 1.54) is 22.3 Å². The molecule has 3 heteroatoms. The Balaban J connectivity index is 2.05. The van der Waals surface area contributed by atoms with Crippen molar-refractivity contribution in [3.05, 3.63) is 89.7 Å². The van der Waals surface area contributed by atoms with Gasteiger partial charge in [-0.2, -0.15) is 0 Å². The van der Waals surface area contributed by atoms with E-state index in [-0.39, 0.29) is 11.0 Å². The zero-order valence-corrected chi connectivity index (χ0v) is 18.8. The van der Waals surface area contributed by atoms with Gasteiger partial charge in [0, 0.05) is 11.5 Å². The summed E-state index contributed by atoms with van der Waals surface area (Å²) in [6.45, 7) is 16.6. The molecule has 3 rings (SSSR count). The lowest BCUT2D eigenvalue weighted by Crippen LogP contribution is -2.41. The van der Waals surface area contributed by atoms with Crippen molar-refractivity contribution in [2.75, 3.05) is 6.61 Å². The average Bonchev–Trinajstić information content (AvgIpc) is 2.67. The molecule has 1 heterocycles. The van der Waals surface area contributed by atoms with E-state index in [9.17, 15) is 0 Å². The molecule has 0 radical (unpaired) electrons. The quantitative estimate of drug-likeness (QED) is 0.392. The number of hydrogen-bond donors (Lipinski definition) is 0. The largest absolute Gasteiger partial charge is 0.490 e. The van der Waals surface area contributed by atoms with Gasteiger partial charge in [0.2, 0.25) is 0 Å². The van der Waals surface area contributed by atoms with Crippen LogP contribution in [0.4, 0.5) is 0 Å². The molecule has 0 N–H and O–H groups in total. The van der Waals surface area contributed by atoms with Gasteiger partial charge in [0.1, 0.15) is 12.4 Å². The molecule has 2 aromatic rings. The Labute approximate surface area is 171 Å². The Morgan fingerprint density at radius 2 is 1.71 bits per heavy atom. The molecule has 0 amide bonds. The SMILES string of the molecule is C=CC(C1=C(CO[Si](C)(C)C(C)(C)C)OCc2ccccc21)c1ccccc1. The lowest BCUT2D eigenvalue weighted by molar-refractivity contribution is 0.149. The van der Waals surface area contributed by atoms with E-state index in [1.807, 2.05) is 12.1 Å². The van der Waals surface area contributed by atoms with Crippen LogP contribution in [0.1, 0.15) is 43.4 Å². The monoisotopic (exact) mass is 392 g/mol. The molecule has 1 atom stereocenters. The molecule has 28 heavy (non-hydrogen) atoms. The van der Waals surface area contributed by atoms with Gasteiger partial charge in [-0.3, -0.25) is 0 Å². The maximum atomic E-state index is 6.53. The lowest BCUT2D eigenvalue weighted by Gasteiger charge is -2.37. The first-order chi connectivity index (χ1) is 13.2. The van der Waals surface area contributed by atoms with Crippen molar-refractivity contribution in [3.8, 4) is 0 Å². The first-order valence-electron chi connectivity index (χ1n) is 10.00. The summed E-state index contributed by atoms with van der Waals surface area (Å²) >= 11 is 0. The predicted molar refractivity (Wildman–Crippen MR) is 121 cm³/mol. The third-order valence-electron chi connectivity index (χ3n) is 6.09. The average molecular weight is 393 g/mol. The van der Waals surface area contributed by atoms with Crippen LogP contribution >= 0.6 is 0 Å². The molecule has 0 saturated heterocycles. The zero-order chi connectivity index (χ0) is 20.4. The number of benzene rings is 2. The Morgan fingerprint density at radius 1 is 1.07 bits per heavy atom. The molecule has 148 valence electrons. The van der Waals surface area contributed by atoms with E-state index in [0.717, 1.165) is 5.76 Å². The summed E-state index contributed by atoms with van der Waals surface area (Å²) in [4.78, 5) is 0. The lowest BCUT2D eigenvalue weighted by atomic mass is 9.83. The van der Waals surface area contributed by atoms with E-state index in [0.29, 0.717) is 13.2 Å². The van der Waals surface area contributed by atoms with Gasteiger partial charge in [0.05, 0.1) is 6.61 Å². The van der Waals surface area contributed by atoms with Gasteiger partial charge < -0.3 is 9.16 Å². The van der Waals surface area contributed by atoms with Gasteiger partial charge in [-0.05, 0) is 34.8 Å². The third kappa shape index (κ3) is 4.16. The van der Waals surface area contributed by atoms with Crippen LogP contribution in [0.5, 0.6) is 0 Å². The molecular weight excluding hydrogens is 360 g/mol. The topological polar surface area (TPSA) is 18.5 Å². The minimum Gasteiger partial charge on any atom is -0.490 e. The fourth-order valence-corrected chi connectivity index (χ4v) is 4.23. The summed E-state index contributed by atoms with van der Waals surface area (Å²) in [5.41, 5.74) is 4.87. The molecule has 0 saturated carbocycles. The minimum absolute atomic E-state index is 0.0701. The highest BCUT2D eigenvalue weighted by atomic mass is 28.4. The van der Waals surface area contributed by atoms with Crippen molar-refractivity contribution in [2.45, 2.75) is 51.4 Å². The molecule has 0 fully saturated rings. The van der Waals surface area contributed by atoms with Crippen LogP contribution in [-0.4, -0.2) is 14.9 Å². The third-order valence-corrected chi connectivity index (χ3v) is 10.6. The number of rotatable bonds is 6. The normalized spacial score (nSPS) is 15.6. The van der Waals surface area contributed by atoms with Crippen LogP contribution in [0.3, 0.4) is 0 Å². The number of ether oxygens (including phenoxy) is 1. The Morgan fingerprint density at radius 3 is 2.36 bits per heavy atom. The van der Waals surface area contributed by atoms with Gasteiger partial charge in [-0.1, -0.05) is 81.4 Å². The molecule has 2 nitrogen and oxygen atoms in total. The van der Waals surface area contributed by atoms with E-state index in [2.05, 4.69) is 89.0 Å². The maximum Gasteiger partial charge on any atom is 0.192 e. The van der Waals surface area contributed by atoms with Crippen molar-refractivity contribution < 1.29 is 9.16 Å². The second-order valence-corrected chi connectivity index (χ2v) is 13.8. The summed E-state index contributed by atoms with van der Waals surface area (Å²) in [6, 6.07) is 19.0. The van der Waals surface area contributed by atoms with E-state index < -0.39 is 8.32 Å². The molecule has 0 spiro atoms. The zero-order valence-electron chi connectivity index (χ0n) is 17.8. The molecule has 0 bridgehead atoms. The number of fused-ring (bicyclic) bond motifs is 1. The minimum atomic E-state index is -1.87. The van der Waals surface area contributed by atoms with Gasteiger partial charge in [0.15, 0.2) is 8.32 Å². The van der Waals surface area contributed by atoms with E-state index in [4.69, 9.17) is 9.16 Å². The van der Waals surface area contributed by atoms with Crippen LogP contribution < -0.4 is 0 Å². The molecule has 0 aliphatic carbocycles. The molecule has 1 aliphatic heterocycles. The Bertz CT molecular complexity index is 860. The van der Waals surface area contributed by atoms with Gasteiger partial charge in [-0.15, -0.1) is 6.58 Å². The highest BCUT2D eigenvalue weighted by Gasteiger charge is 2.38. The molecule has 0 aromatic heterocycles. The first kappa shape index (κ1) is 20.6. The predicted octanol–water partition coefficient (Wildman–Crippen LogP) is 6.92. The first-order valence-corrected chi connectivity index (χ1v) is 12.9. The molecule has 1 unspecified atom stereocenters. The smallest absolute Gasteiger partial charge is 0.192 e. The van der Waals surface area contributed by atoms with Crippen molar-refractivity contribution >= 4 is 13.9 Å². The van der Waals surface area contributed by atoms with Gasteiger partial charge >= 0.3 is 0 Å². The molecule has 1 aliphatic rings. The van der Waals surface area contributed by atoms with Crippen LogP contribution in [-0.2, 0) is 15.8 Å². The summed E-state index contributed by atoms with van der Waals surface area (Å²) in [7, 11) is -1.87. The fraction of sp³-hybridized carbons (Fsp3) is 0.360.